The summed E-state index contributed by atoms with van der Waals surface area (Å²) in [5.74, 6) is 0.759. The summed E-state index contributed by atoms with van der Waals surface area (Å²) in [4.78, 5) is 3.54. The summed E-state index contributed by atoms with van der Waals surface area (Å²) in [5, 5.41) is 14.6. The van der Waals surface area contributed by atoms with Crippen molar-refractivity contribution in [1.29, 1.82) is 5.26 Å². The van der Waals surface area contributed by atoms with E-state index in [1.807, 2.05) is 24.3 Å². The molecule has 0 spiro atoms. The Hall–Kier alpha value is -6.30. The monoisotopic (exact) mass is 564 g/mol. The van der Waals surface area contributed by atoms with E-state index in [0.29, 0.717) is 11.3 Å². The minimum absolute atomic E-state index is 0.440. The van der Waals surface area contributed by atoms with Crippen molar-refractivity contribution in [2.75, 3.05) is 7.11 Å². The molecule has 5 nitrogen and oxygen atoms in total. The number of para-hydroxylation sites is 2. The topological polar surface area (TPSA) is 47.2 Å². The highest BCUT2D eigenvalue weighted by atomic mass is 16.5. The van der Waals surface area contributed by atoms with Crippen LogP contribution in [0.2, 0.25) is 0 Å². The van der Waals surface area contributed by atoms with Crippen LogP contribution < -0.4 is 4.74 Å². The Balaban J connectivity index is 1.46. The number of hydrogen-bond acceptors (Lipinski definition) is 2. The molecule has 0 radical (unpaired) electrons. The fourth-order valence-electron chi connectivity index (χ4n) is 6.55. The number of hydrogen-bond donors (Lipinski definition) is 0. The maximum absolute atomic E-state index is 10.1. The van der Waals surface area contributed by atoms with Gasteiger partial charge in [-0.15, -0.1) is 0 Å². The molecule has 0 saturated carbocycles. The van der Waals surface area contributed by atoms with Gasteiger partial charge in [0.2, 0.25) is 0 Å². The van der Waals surface area contributed by atoms with Gasteiger partial charge in [0.05, 0.1) is 53.1 Å². The summed E-state index contributed by atoms with van der Waals surface area (Å²) in [5.41, 5.74) is 9.15. The molecule has 0 N–H and O–H groups in total. The van der Waals surface area contributed by atoms with E-state index in [1.165, 1.54) is 10.8 Å². The molecular weight excluding hydrogens is 540 g/mol. The molecule has 0 fully saturated rings. The largest absolute Gasteiger partial charge is 0.497 e. The molecular formula is C39H24N4O. The van der Waals surface area contributed by atoms with Gasteiger partial charge >= 0.3 is 0 Å². The molecule has 0 unspecified atom stereocenters. The quantitative estimate of drug-likeness (QED) is 0.200. The van der Waals surface area contributed by atoms with Crippen molar-refractivity contribution < 1.29 is 4.74 Å². The van der Waals surface area contributed by atoms with Gasteiger partial charge in [0.25, 0.3) is 0 Å². The lowest BCUT2D eigenvalue weighted by Gasteiger charge is -2.11. The van der Waals surface area contributed by atoms with E-state index in [1.54, 1.807) is 19.2 Å². The smallest absolute Gasteiger partial charge is 0.188 e. The van der Waals surface area contributed by atoms with E-state index in [4.69, 9.17) is 11.3 Å². The molecule has 0 aliphatic carbocycles. The van der Waals surface area contributed by atoms with Gasteiger partial charge in [-0.2, -0.15) is 5.26 Å². The third-order valence-electron chi connectivity index (χ3n) is 8.47. The average molecular weight is 565 g/mol. The molecule has 44 heavy (non-hydrogen) atoms. The van der Waals surface area contributed by atoms with Gasteiger partial charge in [-0.1, -0.05) is 66.7 Å². The first-order valence-corrected chi connectivity index (χ1v) is 14.3. The van der Waals surface area contributed by atoms with Crippen molar-refractivity contribution >= 4 is 49.3 Å². The number of methoxy groups -OCH3 is 1. The van der Waals surface area contributed by atoms with Crippen LogP contribution >= 0.6 is 0 Å². The zero-order valence-electron chi connectivity index (χ0n) is 23.8. The average Bonchev–Trinajstić information content (AvgIpc) is 3.60. The van der Waals surface area contributed by atoms with Crippen LogP contribution in [0.4, 0.5) is 5.69 Å². The lowest BCUT2D eigenvalue weighted by molar-refractivity contribution is 0.415. The van der Waals surface area contributed by atoms with Crippen LogP contribution in [0.25, 0.3) is 71.0 Å². The highest BCUT2D eigenvalue weighted by Crippen LogP contribution is 2.42. The van der Waals surface area contributed by atoms with E-state index in [9.17, 15) is 5.26 Å². The SMILES string of the molecule is [C-]#[N+]c1ccc(-n2c3ccc(OC)cc3c3c(-c4ccc5c6ccccc6n(-c6ccccc6)c5c4)cccc32)c(C#N)c1. The van der Waals surface area contributed by atoms with Crippen molar-refractivity contribution in [3.63, 3.8) is 0 Å². The molecule has 0 aliphatic heterocycles. The van der Waals surface area contributed by atoms with Crippen LogP contribution in [-0.2, 0) is 0 Å². The molecule has 8 aromatic rings. The first-order chi connectivity index (χ1) is 21.7. The molecule has 0 aliphatic rings. The number of fused-ring (bicyclic) bond motifs is 6. The third kappa shape index (κ3) is 3.71. The summed E-state index contributed by atoms with van der Waals surface area (Å²) in [7, 11) is 1.68. The molecule has 0 bridgehead atoms. The van der Waals surface area contributed by atoms with Crippen molar-refractivity contribution in [1.82, 2.24) is 9.13 Å². The summed E-state index contributed by atoms with van der Waals surface area (Å²) >= 11 is 0. The Morgan fingerprint density at radius 3 is 2.25 bits per heavy atom. The highest BCUT2D eigenvalue weighted by molar-refractivity contribution is 6.17. The Labute approximate surface area is 253 Å². The van der Waals surface area contributed by atoms with E-state index in [2.05, 4.69) is 111 Å². The van der Waals surface area contributed by atoms with E-state index < -0.39 is 0 Å². The highest BCUT2D eigenvalue weighted by Gasteiger charge is 2.20. The fourth-order valence-corrected chi connectivity index (χ4v) is 6.55. The van der Waals surface area contributed by atoms with Crippen LogP contribution in [0.15, 0.2) is 127 Å². The minimum atomic E-state index is 0.440. The zero-order chi connectivity index (χ0) is 29.8. The number of rotatable bonds is 4. The van der Waals surface area contributed by atoms with Crippen LogP contribution in [0.3, 0.4) is 0 Å². The minimum Gasteiger partial charge on any atom is -0.497 e. The predicted molar refractivity (Wildman–Crippen MR) is 178 cm³/mol. The van der Waals surface area contributed by atoms with Gasteiger partial charge in [0.1, 0.15) is 5.75 Å². The van der Waals surface area contributed by atoms with Gasteiger partial charge in [0.15, 0.2) is 5.69 Å². The Kier molecular flexibility index (Phi) is 5.72. The zero-order valence-corrected chi connectivity index (χ0v) is 23.8. The second kappa shape index (κ2) is 9.91. The second-order valence-electron chi connectivity index (χ2n) is 10.8. The number of benzene rings is 6. The second-order valence-corrected chi connectivity index (χ2v) is 10.8. The normalized spacial score (nSPS) is 11.2. The molecule has 206 valence electrons. The fraction of sp³-hybridized carbons (Fsp3) is 0.0256. The molecule has 8 rings (SSSR count). The van der Waals surface area contributed by atoms with Crippen LogP contribution in [0.5, 0.6) is 5.75 Å². The summed E-state index contributed by atoms with van der Waals surface area (Å²) in [6.45, 7) is 7.45. The number of nitrogens with zero attached hydrogens (tertiary/aromatic N) is 4. The summed E-state index contributed by atoms with van der Waals surface area (Å²) in [6.07, 6.45) is 0. The van der Waals surface area contributed by atoms with Crippen LogP contribution in [0, 0.1) is 17.9 Å². The van der Waals surface area contributed by atoms with Crippen molar-refractivity contribution in [2.45, 2.75) is 0 Å². The molecule has 0 atom stereocenters. The Bertz CT molecular complexity index is 2510. The maximum atomic E-state index is 10.1. The summed E-state index contributed by atoms with van der Waals surface area (Å²) in [6, 6.07) is 45.7. The summed E-state index contributed by atoms with van der Waals surface area (Å²) < 4.78 is 10.1. The van der Waals surface area contributed by atoms with Gasteiger partial charge in [-0.3, -0.25) is 0 Å². The van der Waals surface area contributed by atoms with E-state index in [0.717, 1.165) is 61.1 Å². The standard InChI is InChI=1S/C39H24N4O/c1-41-27-16-19-34(26(21-27)24-40)43-36-20-17-29(44-2)23-33(36)39-30(12-8-14-37(39)43)25-15-18-32-31-11-6-7-13-35(31)42(38(32)22-25)28-9-4-3-5-10-28/h3-23H,2H3. The van der Waals surface area contributed by atoms with Crippen LogP contribution in [0.1, 0.15) is 5.56 Å². The predicted octanol–water partition coefficient (Wildman–Crippen LogP) is 9.98. The molecule has 6 aromatic carbocycles. The van der Waals surface area contributed by atoms with Gasteiger partial charge < -0.3 is 13.9 Å². The molecule has 2 aromatic heterocycles. The van der Waals surface area contributed by atoms with Crippen molar-refractivity contribution in [3.8, 4) is 34.3 Å². The number of aromatic nitrogens is 2. The molecule has 0 amide bonds. The van der Waals surface area contributed by atoms with Gasteiger partial charge in [-0.05, 0) is 71.8 Å². The molecule has 2 heterocycles. The van der Waals surface area contributed by atoms with Gasteiger partial charge in [0, 0.05) is 27.2 Å². The van der Waals surface area contributed by atoms with E-state index in [-0.39, 0.29) is 0 Å². The number of ether oxygens (including phenoxy) is 1. The Morgan fingerprint density at radius 1 is 0.659 bits per heavy atom. The first-order valence-electron chi connectivity index (χ1n) is 14.3. The van der Waals surface area contributed by atoms with Gasteiger partial charge in [-0.25, -0.2) is 4.85 Å². The Morgan fingerprint density at radius 2 is 1.43 bits per heavy atom. The lowest BCUT2D eigenvalue weighted by Crippen LogP contribution is -1.97. The number of nitriles is 1. The lowest BCUT2D eigenvalue weighted by atomic mass is 9.98. The van der Waals surface area contributed by atoms with Crippen molar-refractivity contribution in [2.24, 2.45) is 0 Å². The van der Waals surface area contributed by atoms with E-state index >= 15 is 0 Å². The third-order valence-corrected chi connectivity index (χ3v) is 8.47. The molecule has 5 heteroatoms. The van der Waals surface area contributed by atoms with Crippen molar-refractivity contribution in [3.05, 3.63) is 144 Å². The first kappa shape index (κ1) is 25.4. The van der Waals surface area contributed by atoms with Crippen LogP contribution in [-0.4, -0.2) is 16.2 Å². The maximum Gasteiger partial charge on any atom is 0.188 e. The molecule has 0 saturated heterocycles.